The van der Waals surface area contributed by atoms with Crippen molar-refractivity contribution in [2.45, 2.75) is 17.9 Å². The fourth-order valence-electron chi connectivity index (χ4n) is 1.70. The summed E-state index contributed by atoms with van der Waals surface area (Å²) >= 11 is 0. The van der Waals surface area contributed by atoms with Crippen LogP contribution in [0.25, 0.3) is 0 Å². The summed E-state index contributed by atoms with van der Waals surface area (Å²) in [5.74, 6) is 0. The minimum Gasteiger partial charge on any atom is -0.399 e. The molecule has 0 aliphatic carbocycles. The van der Waals surface area contributed by atoms with Crippen molar-refractivity contribution in [3.63, 3.8) is 0 Å². The predicted molar refractivity (Wildman–Crippen MR) is 73.3 cm³/mol. The average Bonchev–Trinajstić information content (AvgIpc) is 2.32. The highest BCUT2D eigenvalue weighted by Gasteiger charge is 2.24. The number of hydrogen-bond acceptors (Lipinski definition) is 5. The number of sulfonamides is 1. The average molecular weight is 288 g/mol. The first-order valence-electron chi connectivity index (χ1n) is 5.78. The standard InChI is InChI=1S/C12H20N2O4S/c1-9-4-5-10(13)6-12(9)19(16,17)14(2)7-11(15)8-18-3/h4-6,11,15H,7-8,13H2,1-3H3. The molecule has 6 nitrogen and oxygen atoms in total. The van der Waals surface area contributed by atoms with Gasteiger partial charge in [-0.25, -0.2) is 8.42 Å². The smallest absolute Gasteiger partial charge is 0.243 e. The maximum absolute atomic E-state index is 12.4. The molecule has 0 saturated carbocycles. The molecule has 0 aliphatic heterocycles. The second kappa shape index (κ2) is 6.33. The number of ether oxygens (including phenoxy) is 1. The Bertz CT molecular complexity index is 531. The topological polar surface area (TPSA) is 92.9 Å². The van der Waals surface area contributed by atoms with Gasteiger partial charge < -0.3 is 15.6 Å². The SMILES string of the molecule is COCC(O)CN(C)S(=O)(=O)c1cc(N)ccc1C. The minimum absolute atomic E-state index is 0.0373. The highest BCUT2D eigenvalue weighted by molar-refractivity contribution is 7.89. The Kier molecular flexibility index (Phi) is 5.30. The van der Waals surface area contributed by atoms with E-state index >= 15 is 0 Å². The highest BCUT2D eigenvalue weighted by atomic mass is 32.2. The van der Waals surface area contributed by atoms with Crippen molar-refractivity contribution in [3.05, 3.63) is 23.8 Å². The number of methoxy groups -OCH3 is 1. The first-order chi connectivity index (χ1) is 8.78. The number of aliphatic hydroxyl groups excluding tert-OH is 1. The van der Waals surface area contributed by atoms with Crippen LogP contribution >= 0.6 is 0 Å². The molecule has 7 heteroatoms. The molecule has 0 radical (unpaired) electrons. The highest BCUT2D eigenvalue weighted by Crippen LogP contribution is 2.21. The lowest BCUT2D eigenvalue weighted by molar-refractivity contribution is 0.0554. The van der Waals surface area contributed by atoms with E-state index in [0.717, 1.165) is 4.31 Å². The zero-order valence-electron chi connectivity index (χ0n) is 11.3. The molecule has 0 amide bonds. The van der Waals surface area contributed by atoms with E-state index in [2.05, 4.69) is 0 Å². The van der Waals surface area contributed by atoms with Crippen molar-refractivity contribution < 1.29 is 18.3 Å². The molecule has 19 heavy (non-hydrogen) atoms. The van der Waals surface area contributed by atoms with Gasteiger partial charge in [0.2, 0.25) is 10.0 Å². The van der Waals surface area contributed by atoms with Gasteiger partial charge in [0.05, 0.1) is 17.6 Å². The number of likely N-dealkylation sites (N-methyl/N-ethyl adjacent to an activating group) is 1. The molecule has 1 atom stereocenters. The van der Waals surface area contributed by atoms with Gasteiger partial charge in [0.25, 0.3) is 0 Å². The lowest BCUT2D eigenvalue weighted by atomic mass is 10.2. The summed E-state index contributed by atoms with van der Waals surface area (Å²) in [5.41, 5.74) is 6.62. The first kappa shape index (κ1) is 15.9. The molecule has 1 unspecified atom stereocenters. The van der Waals surface area contributed by atoms with Gasteiger partial charge in [-0.05, 0) is 24.6 Å². The number of hydrogen-bond donors (Lipinski definition) is 2. The number of nitrogens with zero attached hydrogens (tertiary/aromatic N) is 1. The van der Waals surface area contributed by atoms with Gasteiger partial charge in [-0.2, -0.15) is 4.31 Å². The van der Waals surface area contributed by atoms with Crippen molar-refractivity contribution in [1.29, 1.82) is 0 Å². The zero-order chi connectivity index (χ0) is 14.6. The van der Waals surface area contributed by atoms with Crippen LogP contribution in [0.15, 0.2) is 23.1 Å². The van der Waals surface area contributed by atoms with E-state index in [1.165, 1.54) is 20.2 Å². The van der Waals surface area contributed by atoms with Gasteiger partial charge in [-0.15, -0.1) is 0 Å². The molecule has 3 N–H and O–H groups in total. The summed E-state index contributed by atoms with van der Waals surface area (Å²) in [5, 5.41) is 9.60. The van der Waals surface area contributed by atoms with Crippen LogP contribution < -0.4 is 5.73 Å². The van der Waals surface area contributed by atoms with Gasteiger partial charge in [-0.3, -0.25) is 0 Å². The number of aliphatic hydroxyl groups is 1. The van der Waals surface area contributed by atoms with E-state index in [9.17, 15) is 13.5 Å². The Balaban J connectivity index is 3.00. The number of nitrogens with two attached hydrogens (primary N) is 1. The van der Waals surface area contributed by atoms with Crippen LogP contribution in [0.1, 0.15) is 5.56 Å². The Morgan fingerprint density at radius 2 is 2.11 bits per heavy atom. The van der Waals surface area contributed by atoms with Crippen molar-refractivity contribution in [2.75, 3.05) is 33.0 Å². The summed E-state index contributed by atoms with van der Waals surface area (Å²) in [6.45, 7) is 1.74. The van der Waals surface area contributed by atoms with Gasteiger partial charge in [0.15, 0.2) is 0 Å². The van der Waals surface area contributed by atoms with Crippen LogP contribution in [-0.2, 0) is 14.8 Å². The third-order valence-electron chi connectivity index (χ3n) is 2.73. The van der Waals surface area contributed by atoms with E-state index in [1.807, 2.05) is 0 Å². The molecule has 0 spiro atoms. The Morgan fingerprint density at radius 1 is 1.47 bits per heavy atom. The molecular formula is C12H20N2O4S. The number of rotatable bonds is 6. The number of benzene rings is 1. The third-order valence-corrected chi connectivity index (χ3v) is 4.69. The molecule has 0 saturated heterocycles. The van der Waals surface area contributed by atoms with Gasteiger partial charge in [-0.1, -0.05) is 6.07 Å². The van der Waals surface area contributed by atoms with Crippen molar-refractivity contribution in [3.8, 4) is 0 Å². The largest absolute Gasteiger partial charge is 0.399 e. The molecule has 1 aromatic carbocycles. The molecular weight excluding hydrogens is 268 g/mol. The van der Waals surface area contributed by atoms with Crippen molar-refractivity contribution in [1.82, 2.24) is 4.31 Å². The van der Waals surface area contributed by atoms with E-state index in [1.54, 1.807) is 19.1 Å². The lowest BCUT2D eigenvalue weighted by Gasteiger charge is -2.21. The Morgan fingerprint density at radius 3 is 2.68 bits per heavy atom. The molecule has 1 rings (SSSR count). The quantitative estimate of drug-likeness (QED) is 0.730. The third kappa shape index (κ3) is 3.90. The summed E-state index contributed by atoms with van der Waals surface area (Å²) < 4.78 is 30.6. The normalized spacial score (nSPS) is 13.7. The molecule has 1 aromatic rings. The number of nitrogen functional groups attached to an aromatic ring is 1. The Labute approximate surface area is 113 Å². The second-order valence-corrected chi connectivity index (χ2v) is 6.43. The first-order valence-corrected chi connectivity index (χ1v) is 7.22. The molecule has 0 aliphatic rings. The summed E-state index contributed by atoms with van der Waals surface area (Å²) in [4.78, 5) is 0.152. The molecule has 0 fully saturated rings. The van der Waals surface area contributed by atoms with Crippen LogP contribution in [0.3, 0.4) is 0 Å². The minimum atomic E-state index is -3.67. The Hall–Kier alpha value is -1.15. The van der Waals surface area contributed by atoms with Gasteiger partial charge in [0.1, 0.15) is 0 Å². The van der Waals surface area contributed by atoms with Crippen molar-refractivity contribution in [2.24, 2.45) is 0 Å². The number of aryl methyl sites for hydroxylation is 1. The maximum Gasteiger partial charge on any atom is 0.243 e. The van der Waals surface area contributed by atoms with E-state index in [-0.39, 0.29) is 18.0 Å². The van der Waals surface area contributed by atoms with Crippen LogP contribution in [0, 0.1) is 6.92 Å². The molecule has 0 aromatic heterocycles. The van der Waals surface area contributed by atoms with Crippen LogP contribution in [0.2, 0.25) is 0 Å². The number of anilines is 1. The van der Waals surface area contributed by atoms with E-state index in [4.69, 9.17) is 10.5 Å². The van der Waals surface area contributed by atoms with Crippen LogP contribution in [0.5, 0.6) is 0 Å². The second-order valence-electron chi connectivity index (χ2n) is 4.42. The van der Waals surface area contributed by atoms with Gasteiger partial charge >= 0.3 is 0 Å². The molecule has 0 bridgehead atoms. The zero-order valence-corrected chi connectivity index (χ0v) is 12.1. The van der Waals surface area contributed by atoms with Crippen molar-refractivity contribution >= 4 is 15.7 Å². The fourth-order valence-corrected chi connectivity index (χ4v) is 3.17. The molecule has 0 heterocycles. The maximum atomic E-state index is 12.4. The lowest BCUT2D eigenvalue weighted by Crippen LogP contribution is -2.36. The van der Waals surface area contributed by atoms with Crippen LogP contribution in [0.4, 0.5) is 5.69 Å². The molecule has 108 valence electrons. The summed E-state index contributed by atoms with van der Waals surface area (Å²) in [6, 6.07) is 4.72. The predicted octanol–water partition coefficient (Wildman–Crippen LogP) is 0.205. The van der Waals surface area contributed by atoms with E-state index in [0.29, 0.717) is 11.3 Å². The summed E-state index contributed by atoms with van der Waals surface area (Å²) in [7, 11) is -0.810. The van der Waals surface area contributed by atoms with Crippen LogP contribution in [-0.4, -0.2) is 51.2 Å². The fraction of sp³-hybridized carbons (Fsp3) is 0.500. The van der Waals surface area contributed by atoms with Gasteiger partial charge in [0, 0.05) is 26.4 Å². The van der Waals surface area contributed by atoms with E-state index < -0.39 is 16.1 Å². The summed E-state index contributed by atoms with van der Waals surface area (Å²) in [6.07, 6.45) is -0.869. The monoisotopic (exact) mass is 288 g/mol.